The van der Waals surface area contributed by atoms with Crippen LogP contribution in [0.25, 0.3) is 6.08 Å². The molecule has 6 nitrogen and oxygen atoms in total. The van der Waals surface area contributed by atoms with Crippen molar-refractivity contribution in [2.45, 2.75) is 18.7 Å². The lowest BCUT2D eigenvalue weighted by atomic mass is 10.1. The fourth-order valence-corrected chi connectivity index (χ4v) is 4.79. The largest absolute Gasteiger partial charge is 0.332 e. The molecule has 0 atom stereocenters. The summed E-state index contributed by atoms with van der Waals surface area (Å²) in [6.45, 7) is 3.70. The molecule has 1 heterocycles. The molecule has 0 unspecified atom stereocenters. The topological polar surface area (TPSA) is 87.3 Å². The summed E-state index contributed by atoms with van der Waals surface area (Å²) in [7, 11) is -3.74. The monoisotopic (exact) mass is 471 g/mol. The van der Waals surface area contributed by atoms with Gasteiger partial charge in [-0.15, -0.1) is 11.3 Å². The molecular formula is C22H21N3O3S3. The number of benzene rings is 2. The molecule has 0 aliphatic heterocycles. The lowest BCUT2D eigenvalue weighted by Gasteiger charge is -2.14. The molecule has 0 radical (unpaired) electrons. The number of amides is 1. The second-order valence-corrected chi connectivity index (χ2v) is 9.76. The van der Waals surface area contributed by atoms with Gasteiger partial charge < -0.3 is 5.32 Å². The highest BCUT2D eigenvalue weighted by Crippen LogP contribution is 2.24. The van der Waals surface area contributed by atoms with Gasteiger partial charge in [0.05, 0.1) is 10.6 Å². The standard InChI is InChI=1S/C22H21N3O3S3/c1-15-5-3-6-16(2)21(15)25-31(27,28)19-11-8-17(9-12-19)23-22(29)24-20(26)13-10-18-7-4-14-30-18/h3-14,25H,1-2H3,(H2,23,24,26,29). The fraction of sp³-hybridized carbons (Fsp3) is 0.0909. The Hall–Kier alpha value is -3.01. The number of carbonyl (C=O) groups is 1. The minimum atomic E-state index is -3.74. The number of thiophene rings is 1. The molecule has 0 bridgehead atoms. The molecule has 9 heteroatoms. The highest BCUT2D eigenvalue weighted by atomic mass is 32.2. The first-order valence-corrected chi connectivity index (χ1v) is 12.0. The average Bonchev–Trinajstić information content (AvgIpc) is 3.23. The Balaban J connectivity index is 1.61. The molecule has 31 heavy (non-hydrogen) atoms. The zero-order chi connectivity index (χ0) is 22.4. The summed E-state index contributed by atoms with van der Waals surface area (Å²) in [5, 5.41) is 7.45. The van der Waals surface area contributed by atoms with Gasteiger partial charge in [0.1, 0.15) is 0 Å². The molecule has 0 aliphatic carbocycles. The smallest absolute Gasteiger partial charge is 0.261 e. The molecule has 0 spiro atoms. The number of nitrogens with one attached hydrogen (secondary N) is 3. The predicted molar refractivity (Wildman–Crippen MR) is 131 cm³/mol. The molecule has 0 saturated heterocycles. The number of hydrogen-bond donors (Lipinski definition) is 3. The van der Waals surface area contributed by atoms with Gasteiger partial charge in [-0.05, 0) is 79.0 Å². The van der Waals surface area contributed by atoms with Gasteiger partial charge >= 0.3 is 0 Å². The second-order valence-electron chi connectivity index (χ2n) is 6.69. The number of carbonyl (C=O) groups excluding carboxylic acids is 1. The van der Waals surface area contributed by atoms with Gasteiger partial charge in [0.25, 0.3) is 10.0 Å². The molecule has 3 rings (SSSR count). The van der Waals surface area contributed by atoms with Crippen LogP contribution in [0.15, 0.2) is 70.9 Å². The second kappa shape index (κ2) is 9.86. The van der Waals surface area contributed by atoms with E-state index < -0.39 is 10.0 Å². The molecule has 0 aliphatic rings. The molecule has 0 fully saturated rings. The lowest BCUT2D eigenvalue weighted by molar-refractivity contribution is -0.115. The van der Waals surface area contributed by atoms with E-state index in [4.69, 9.17) is 12.2 Å². The van der Waals surface area contributed by atoms with Gasteiger partial charge in [-0.3, -0.25) is 14.8 Å². The van der Waals surface area contributed by atoms with Gasteiger partial charge in [0.15, 0.2) is 5.11 Å². The molecular weight excluding hydrogens is 450 g/mol. The lowest BCUT2D eigenvalue weighted by Crippen LogP contribution is -2.32. The molecule has 3 N–H and O–H groups in total. The van der Waals surface area contributed by atoms with Crippen molar-refractivity contribution in [3.8, 4) is 0 Å². The maximum atomic E-state index is 12.7. The van der Waals surface area contributed by atoms with E-state index in [9.17, 15) is 13.2 Å². The number of thiocarbonyl (C=S) groups is 1. The number of hydrogen-bond acceptors (Lipinski definition) is 5. The fourth-order valence-electron chi connectivity index (χ4n) is 2.75. The minimum Gasteiger partial charge on any atom is -0.332 e. The third-order valence-corrected chi connectivity index (χ3v) is 6.73. The van der Waals surface area contributed by atoms with Crippen molar-refractivity contribution in [1.29, 1.82) is 0 Å². The number of anilines is 2. The van der Waals surface area contributed by atoms with Crippen molar-refractivity contribution in [2.75, 3.05) is 10.0 Å². The van der Waals surface area contributed by atoms with Crippen LogP contribution in [0.5, 0.6) is 0 Å². The molecule has 2 aromatic carbocycles. The van der Waals surface area contributed by atoms with Gasteiger partial charge in [-0.1, -0.05) is 24.3 Å². The van der Waals surface area contributed by atoms with E-state index in [0.29, 0.717) is 11.4 Å². The van der Waals surface area contributed by atoms with E-state index in [2.05, 4.69) is 15.4 Å². The molecule has 1 amide bonds. The summed E-state index contributed by atoms with van der Waals surface area (Å²) in [5.41, 5.74) is 2.81. The summed E-state index contributed by atoms with van der Waals surface area (Å²) in [6.07, 6.45) is 3.10. The number of sulfonamides is 1. The summed E-state index contributed by atoms with van der Waals surface area (Å²) < 4.78 is 28.1. The Morgan fingerprint density at radius 1 is 1.00 bits per heavy atom. The first kappa shape index (κ1) is 22.7. The maximum absolute atomic E-state index is 12.7. The van der Waals surface area contributed by atoms with E-state index in [1.54, 1.807) is 18.2 Å². The number of para-hydroxylation sites is 1. The van der Waals surface area contributed by atoms with Crippen LogP contribution in [-0.2, 0) is 14.8 Å². The van der Waals surface area contributed by atoms with Gasteiger partial charge in [0, 0.05) is 16.6 Å². The quantitative estimate of drug-likeness (QED) is 0.359. The minimum absolute atomic E-state index is 0.116. The van der Waals surface area contributed by atoms with E-state index >= 15 is 0 Å². The van der Waals surface area contributed by atoms with Crippen molar-refractivity contribution in [3.05, 3.63) is 82.1 Å². The summed E-state index contributed by atoms with van der Waals surface area (Å²) in [6, 6.07) is 15.5. The average molecular weight is 472 g/mol. The SMILES string of the molecule is Cc1cccc(C)c1NS(=O)(=O)c1ccc(NC(=S)NC(=O)C=Cc2cccs2)cc1. The van der Waals surface area contributed by atoms with Crippen LogP contribution < -0.4 is 15.4 Å². The third-order valence-electron chi connectivity index (χ3n) is 4.32. The van der Waals surface area contributed by atoms with Crippen molar-refractivity contribution in [1.82, 2.24) is 5.32 Å². The molecule has 1 aromatic heterocycles. The summed E-state index contributed by atoms with van der Waals surface area (Å²) in [5.74, 6) is -0.358. The highest BCUT2D eigenvalue weighted by Gasteiger charge is 2.16. The predicted octanol–water partition coefficient (Wildman–Crippen LogP) is 4.69. The van der Waals surface area contributed by atoms with E-state index in [1.807, 2.05) is 49.6 Å². The van der Waals surface area contributed by atoms with Crippen molar-refractivity contribution < 1.29 is 13.2 Å². The van der Waals surface area contributed by atoms with Crippen LogP contribution in [0.2, 0.25) is 0 Å². The van der Waals surface area contributed by atoms with Crippen LogP contribution in [-0.4, -0.2) is 19.4 Å². The van der Waals surface area contributed by atoms with E-state index in [0.717, 1.165) is 16.0 Å². The Labute approximate surface area is 191 Å². The van der Waals surface area contributed by atoms with E-state index in [1.165, 1.54) is 29.5 Å². The van der Waals surface area contributed by atoms with Crippen LogP contribution >= 0.6 is 23.6 Å². The third kappa shape index (κ3) is 6.24. The van der Waals surface area contributed by atoms with Crippen LogP contribution in [0, 0.1) is 13.8 Å². The van der Waals surface area contributed by atoms with Crippen molar-refractivity contribution >= 4 is 62.0 Å². The first-order chi connectivity index (χ1) is 14.7. The van der Waals surface area contributed by atoms with Gasteiger partial charge in [-0.2, -0.15) is 0 Å². The number of aryl methyl sites for hydroxylation is 2. The first-order valence-electron chi connectivity index (χ1n) is 9.27. The normalized spacial score (nSPS) is 11.3. The Bertz CT molecular complexity index is 1200. The maximum Gasteiger partial charge on any atom is 0.261 e. The van der Waals surface area contributed by atoms with E-state index in [-0.39, 0.29) is 15.9 Å². The van der Waals surface area contributed by atoms with Gasteiger partial charge in [0.2, 0.25) is 5.91 Å². The Morgan fingerprint density at radius 2 is 1.68 bits per heavy atom. The zero-order valence-electron chi connectivity index (χ0n) is 16.9. The summed E-state index contributed by atoms with van der Waals surface area (Å²) >= 11 is 6.67. The molecule has 3 aromatic rings. The highest BCUT2D eigenvalue weighted by molar-refractivity contribution is 7.92. The Morgan fingerprint density at radius 3 is 2.29 bits per heavy atom. The van der Waals surface area contributed by atoms with Crippen molar-refractivity contribution in [2.24, 2.45) is 0 Å². The van der Waals surface area contributed by atoms with Crippen molar-refractivity contribution in [3.63, 3.8) is 0 Å². The molecule has 0 saturated carbocycles. The zero-order valence-corrected chi connectivity index (χ0v) is 19.3. The van der Waals surface area contributed by atoms with Crippen LogP contribution in [0.1, 0.15) is 16.0 Å². The van der Waals surface area contributed by atoms with Crippen LogP contribution in [0.4, 0.5) is 11.4 Å². The van der Waals surface area contributed by atoms with Gasteiger partial charge in [-0.25, -0.2) is 8.42 Å². The summed E-state index contributed by atoms with van der Waals surface area (Å²) in [4.78, 5) is 13.0. The molecule has 160 valence electrons. The number of rotatable bonds is 6. The Kier molecular flexibility index (Phi) is 7.21. The van der Waals surface area contributed by atoms with Crippen LogP contribution in [0.3, 0.4) is 0 Å².